The Balaban J connectivity index is 1.77. The summed E-state index contributed by atoms with van der Waals surface area (Å²) in [5, 5.41) is 0. The van der Waals surface area contributed by atoms with Crippen molar-refractivity contribution in [2.24, 2.45) is 0 Å². The highest BCUT2D eigenvalue weighted by molar-refractivity contribution is 5.92. The van der Waals surface area contributed by atoms with Gasteiger partial charge in [0.2, 0.25) is 0 Å². The molecule has 1 aromatic carbocycles. The molecule has 2 amide bonds. The highest BCUT2D eigenvalue weighted by Crippen LogP contribution is 2.25. The van der Waals surface area contributed by atoms with Crippen LogP contribution in [0.15, 0.2) is 46.9 Å². The van der Waals surface area contributed by atoms with Crippen LogP contribution in [0.4, 0.5) is 0 Å². The maximum absolute atomic E-state index is 11.8. The predicted octanol–water partition coefficient (Wildman–Crippen LogP) is 2.95. The number of para-hydroxylation sites is 1. The van der Waals surface area contributed by atoms with E-state index >= 15 is 0 Å². The lowest BCUT2D eigenvalue weighted by atomic mass is 10.0. The Bertz CT molecular complexity index is 762. The van der Waals surface area contributed by atoms with Crippen molar-refractivity contribution in [3.8, 4) is 5.75 Å². The van der Waals surface area contributed by atoms with E-state index in [0.717, 1.165) is 11.3 Å². The quantitative estimate of drug-likeness (QED) is 0.625. The molecule has 6 nitrogen and oxygen atoms in total. The molecule has 0 saturated carbocycles. The minimum absolute atomic E-state index is 0.189. The molecule has 0 atom stereocenters. The summed E-state index contributed by atoms with van der Waals surface area (Å²) in [6, 6.07) is 11.1. The lowest BCUT2D eigenvalue weighted by Crippen LogP contribution is -2.43. The Morgan fingerprint density at radius 1 is 1.16 bits per heavy atom. The summed E-state index contributed by atoms with van der Waals surface area (Å²) in [5.41, 5.74) is 5.61. The average molecular weight is 342 g/mol. The maximum Gasteiger partial charge on any atom is 0.276 e. The largest absolute Gasteiger partial charge is 0.483 e. The van der Waals surface area contributed by atoms with Crippen molar-refractivity contribution in [2.45, 2.75) is 26.7 Å². The summed E-state index contributed by atoms with van der Waals surface area (Å²) >= 11 is 0. The minimum atomic E-state index is -0.468. The third-order valence-corrected chi connectivity index (χ3v) is 3.39. The topological polar surface area (TPSA) is 80.6 Å². The van der Waals surface area contributed by atoms with Crippen LogP contribution in [0.5, 0.6) is 5.75 Å². The molecule has 2 N–H and O–H groups in total. The van der Waals surface area contributed by atoms with E-state index in [2.05, 4.69) is 24.7 Å². The van der Waals surface area contributed by atoms with Gasteiger partial charge in [-0.3, -0.25) is 20.4 Å². The molecule has 0 unspecified atom stereocenters. The molecule has 1 aromatic heterocycles. The fourth-order valence-corrected chi connectivity index (χ4v) is 2.14. The van der Waals surface area contributed by atoms with Gasteiger partial charge in [-0.2, -0.15) is 0 Å². The van der Waals surface area contributed by atoms with E-state index in [9.17, 15) is 9.59 Å². The van der Waals surface area contributed by atoms with E-state index in [1.165, 1.54) is 12.2 Å². The summed E-state index contributed by atoms with van der Waals surface area (Å²) in [5.74, 6) is 1.35. The molecule has 0 aliphatic heterocycles. The van der Waals surface area contributed by atoms with Gasteiger partial charge in [0.05, 0.1) is 0 Å². The van der Waals surface area contributed by atoms with Gasteiger partial charge in [0.15, 0.2) is 6.61 Å². The Morgan fingerprint density at radius 2 is 1.92 bits per heavy atom. The second kappa shape index (κ2) is 8.73. The molecule has 2 aromatic rings. The average Bonchev–Trinajstić information content (AvgIpc) is 3.01. The second-order valence-electron chi connectivity index (χ2n) is 5.80. The van der Waals surface area contributed by atoms with Crippen LogP contribution in [0.2, 0.25) is 0 Å². The van der Waals surface area contributed by atoms with Crippen LogP contribution in [0.3, 0.4) is 0 Å². The van der Waals surface area contributed by atoms with E-state index in [1.807, 2.05) is 31.2 Å². The van der Waals surface area contributed by atoms with E-state index in [0.29, 0.717) is 11.5 Å². The Hall–Kier alpha value is -3.02. The van der Waals surface area contributed by atoms with Gasteiger partial charge in [-0.15, -0.1) is 0 Å². The maximum atomic E-state index is 11.8. The van der Waals surface area contributed by atoms with Crippen LogP contribution in [0, 0.1) is 6.92 Å². The van der Waals surface area contributed by atoms with E-state index in [1.54, 1.807) is 12.1 Å². The second-order valence-corrected chi connectivity index (χ2v) is 5.80. The first-order chi connectivity index (χ1) is 12.0. The van der Waals surface area contributed by atoms with Crippen molar-refractivity contribution in [3.05, 3.63) is 59.6 Å². The molecule has 0 spiro atoms. The normalized spacial score (nSPS) is 10.9. The number of hydrogen-bond donors (Lipinski definition) is 2. The van der Waals surface area contributed by atoms with E-state index in [-0.39, 0.29) is 12.5 Å². The Morgan fingerprint density at radius 3 is 2.60 bits per heavy atom. The molecule has 25 heavy (non-hydrogen) atoms. The monoisotopic (exact) mass is 342 g/mol. The minimum Gasteiger partial charge on any atom is -0.483 e. The molecule has 0 bridgehead atoms. The Kier molecular flexibility index (Phi) is 6.39. The predicted molar refractivity (Wildman–Crippen MR) is 94.8 cm³/mol. The van der Waals surface area contributed by atoms with Crippen molar-refractivity contribution in [3.63, 3.8) is 0 Å². The number of rotatable bonds is 6. The molecule has 0 fully saturated rings. The molecular formula is C19H22N2O4. The lowest BCUT2D eigenvalue weighted by Gasteiger charge is -2.13. The zero-order valence-electron chi connectivity index (χ0n) is 14.5. The van der Waals surface area contributed by atoms with Gasteiger partial charge in [0.25, 0.3) is 11.8 Å². The summed E-state index contributed by atoms with van der Waals surface area (Å²) in [7, 11) is 0. The molecule has 132 valence electrons. The number of nitrogens with one attached hydrogen (secondary N) is 2. The number of carbonyl (C=O) groups excluding carboxylic acids is 2. The molecule has 0 aliphatic carbocycles. The number of carbonyl (C=O) groups is 2. The van der Waals surface area contributed by atoms with Crippen molar-refractivity contribution in [1.29, 1.82) is 0 Å². The highest BCUT2D eigenvalue weighted by atomic mass is 16.5. The number of hydrazine groups is 1. The van der Waals surface area contributed by atoms with Gasteiger partial charge >= 0.3 is 0 Å². The van der Waals surface area contributed by atoms with Crippen LogP contribution in [-0.2, 0) is 9.59 Å². The van der Waals surface area contributed by atoms with Gasteiger partial charge in [0, 0.05) is 6.08 Å². The highest BCUT2D eigenvalue weighted by Gasteiger charge is 2.09. The Labute approximate surface area is 146 Å². The molecular weight excluding hydrogens is 320 g/mol. The van der Waals surface area contributed by atoms with Crippen LogP contribution in [0.1, 0.15) is 36.8 Å². The van der Waals surface area contributed by atoms with Crippen molar-refractivity contribution in [2.75, 3.05) is 6.61 Å². The summed E-state index contributed by atoms with van der Waals surface area (Å²) in [4.78, 5) is 23.4. The first-order valence-electron chi connectivity index (χ1n) is 8.00. The van der Waals surface area contributed by atoms with Crippen LogP contribution < -0.4 is 15.6 Å². The number of aryl methyl sites for hydroxylation is 1. The molecule has 1 heterocycles. The number of benzene rings is 1. The lowest BCUT2D eigenvalue weighted by molar-refractivity contribution is -0.128. The third-order valence-electron chi connectivity index (χ3n) is 3.39. The van der Waals surface area contributed by atoms with Crippen LogP contribution in [0.25, 0.3) is 6.08 Å². The molecule has 2 rings (SSSR count). The van der Waals surface area contributed by atoms with Gasteiger partial charge in [-0.1, -0.05) is 32.0 Å². The van der Waals surface area contributed by atoms with Crippen molar-refractivity contribution >= 4 is 17.9 Å². The number of amides is 2. The van der Waals surface area contributed by atoms with Gasteiger partial charge in [-0.25, -0.2) is 0 Å². The van der Waals surface area contributed by atoms with Crippen molar-refractivity contribution < 1.29 is 18.7 Å². The first kappa shape index (κ1) is 18.3. The smallest absolute Gasteiger partial charge is 0.276 e. The van der Waals surface area contributed by atoms with Gasteiger partial charge in [-0.05, 0) is 42.7 Å². The number of furan rings is 1. The standard InChI is InChI=1S/C19H22N2O4/c1-13(2)16-6-4-5-7-17(16)24-12-19(23)21-20-18(22)11-10-15-9-8-14(3)25-15/h4-11,13H,12H2,1-3H3,(H,20,22)(H,21,23). The van der Waals surface area contributed by atoms with Gasteiger partial charge in [0.1, 0.15) is 17.3 Å². The SMILES string of the molecule is Cc1ccc(C=CC(=O)NNC(=O)COc2ccccc2C(C)C)o1. The fraction of sp³-hybridized carbons (Fsp3) is 0.263. The number of ether oxygens (including phenoxy) is 1. The van der Waals surface area contributed by atoms with Gasteiger partial charge < -0.3 is 9.15 Å². The third kappa shape index (κ3) is 5.84. The number of hydrogen-bond acceptors (Lipinski definition) is 4. The van der Waals surface area contributed by atoms with E-state index in [4.69, 9.17) is 9.15 Å². The first-order valence-corrected chi connectivity index (χ1v) is 8.00. The van der Waals surface area contributed by atoms with Crippen LogP contribution in [-0.4, -0.2) is 18.4 Å². The zero-order valence-corrected chi connectivity index (χ0v) is 14.5. The van der Waals surface area contributed by atoms with Crippen LogP contribution >= 0.6 is 0 Å². The summed E-state index contributed by atoms with van der Waals surface area (Å²) in [6.07, 6.45) is 2.79. The van der Waals surface area contributed by atoms with Crippen molar-refractivity contribution in [1.82, 2.24) is 10.9 Å². The fourth-order valence-electron chi connectivity index (χ4n) is 2.14. The summed E-state index contributed by atoms with van der Waals surface area (Å²) < 4.78 is 10.8. The zero-order chi connectivity index (χ0) is 18.2. The van der Waals surface area contributed by atoms with E-state index < -0.39 is 11.8 Å². The molecule has 6 heteroatoms. The molecule has 0 radical (unpaired) electrons. The molecule has 0 saturated heterocycles. The molecule has 0 aliphatic rings. The summed E-state index contributed by atoms with van der Waals surface area (Å²) in [6.45, 7) is 5.73.